The van der Waals surface area contributed by atoms with Gasteiger partial charge in [0.2, 0.25) is 0 Å². The van der Waals surface area contributed by atoms with Crippen LogP contribution >= 0.6 is 0 Å². The zero-order chi connectivity index (χ0) is 19.5. The lowest BCUT2D eigenvalue weighted by atomic mass is 10.2. The summed E-state index contributed by atoms with van der Waals surface area (Å²) in [5.74, 6) is 0.631. The predicted octanol–water partition coefficient (Wildman–Crippen LogP) is 3.70. The lowest BCUT2D eigenvalue weighted by molar-refractivity contribution is 0.0779. The quantitative estimate of drug-likeness (QED) is 0.536. The molecule has 28 heavy (non-hydrogen) atoms. The molecule has 0 bridgehead atoms. The van der Waals surface area contributed by atoms with Crippen LogP contribution in [0.3, 0.4) is 0 Å². The van der Waals surface area contributed by atoms with E-state index in [1.807, 2.05) is 60.8 Å². The molecule has 0 aliphatic heterocycles. The average Bonchev–Trinajstić information content (AvgIpc) is 3.21. The number of hydrogen-bond acceptors (Lipinski definition) is 4. The SMILES string of the molecule is COc1ccc2nc(C(=O)N(C)Cc3cnn(-c4ccccc4)c3)ccc2c1. The van der Waals surface area contributed by atoms with Gasteiger partial charge in [0.1, 0.15) is 11.4 Å². The number of hydrogen-bond donors (Lipinski definition) is 0. The summed E-state index contributed by atoms with van der Waals surface area (Å²) in [5.41, 5.74) is 3.10. The summed E-state index contributed by atoms with van der Waals surface area (Å²) < 4.78 is 7.03. The number of pyridine rings is 1. The van der Waals surface area contributed by atoms with Gasteiger partial charge in [-0.3, -0.25) is 4.79 Å². The lowest BCUT2D eigenvalue weighted by Crippen LogP contribution is -2.26. The minimum atomic E-state index is -0.134. The molecule has 0 radical (unpaired) electrons. The number of benzene rings is 2. The number of amides is 1. The summed E-state index contributed by atoms with van der Waals surface area (Å²) in [4.78, 5) is 18.9. The van der Waals surface area contributed by atoms with E-state index in [0.29, 0.717) is 12.2 Å². The molecule has 0 saturated carbocycles. The van der Waals surface area contributed by atoms with Gasteiger partial charge < -0.3 is 9.64 Å². The third kappa shape index (κ3) is 3.57. The number of nitrogens with zero attached hydrogens (tertiary/aromatic N) is 4. The first-order valence-electron chi connectivity index (χ1n) is 8.93. The van der Waals surface area contributed by atoms with Crippen molar-refractivity contribution >= 4 is 16.8 Å². The second-order valence-corrected chi connectivity index (χ2v) is 6.55. The topological polar surface area (TPSA) is 60.2 Å². The Morgan fingerprint density at radius 2 is 1.93 bits per heavy atom. The number of aromatic nitrogens is 3. The van der Waals surface area contributed by atoms with E-state index in [4.69, 9.17) is 4.74 Å². The Kier molecular flexibility index (Phi) is 4.76. The van der Waals surface area contributed by atoms with E-state index in [9.17, 15) is 4.79 Å². The van der Waals surface area contributed by atoms with Crippen LogP contribution in [0.4, 0.5) is 0 Å². The van der Waals surface area contributed by atoms with Crippen molar-refractivity contribution in [1.29, 1.82) is 0 Å². The fraction of sp³-hybridized carbons (Fsp3) is 0.136. The van der Waals surface area contributed by atoms with E-state index >= 15 is 0 Å². The summed E-state index contributed by atoms with van der Waals surface area (Å²) in [5, 5.41) is 5.31. The molecule has 0 fully saturated rings. The van der Waals surface area contributed by atoms with Gasteiger partial charge in [-0.1, -0.05) is 24.3 Å². The zero-order valence-electron chi connectivity index (χ0n) is 15.7. The van der Waals surface area contributed by atoms with Crippen LogP contribution in [0.25, 0.3) is 16.6 Å². The molecule has 0 unspecified atom stereocenters. The molecular weight excluding hydrogens is 352 g/mol. The van der Waals surface area contributed by atoms with Crippen LogP contribution in [0.2, 0.25) is 0 Å². The third-order valence-electron chi connectivity index (χ3n) is 4.54. The molecule has 0 aliphatic rings. The first-order chi connectivity index (χ1) is 13.6. The van der Waals surface area contributed by atoms with E-state index in [0.717, 1.165) is 27.9 Å². The smallest absolute Gasteiger partial charge is 0.272 e. The number of para-hydroxylation sites is 1. The van der Waals surface area contributed by atoms with Gasteiger partial charge in [-0.2, -0.15) is 5.10 Å². The number of carbonyl (C=O) groups is 1. The van der Waals surface area contributed by atoms with E-state index in [1.165, 1.54) is 0 Å². The molecular formula is C22H20N4O2. The fourth-order valence-corrected chi connectivity index (χ4v) is 3.05. The molecule has 140 valence electrons. The van der Waals surface area contributed by atoms with Crippen LogP contribution in [0.15, 0.2) is 73.1 Å². The Morgan fingerprint density at radius 1 is 1.11 bits per heavy atom. The largest absolute Gasteiger partial charge is 0.497 e. The highest BCUT2D eigenvalue weighted by Crippen LogP contribution is 2.20. The van der Waals surface area contributed by atoms with Crippen LogP contribution < -0.4 is 4.74 Å². The highest BCUT2D eigenvalue weighted by Gasteiger charge is 2.15. The molecule has 2 heterocycles. The molecule has 4 aromatic rings. The second kappa shape index (κ2) is 7.52. The number of fused-ring (bicyclic) bond motifs is 1. The van der Waals surface area contributed by atoms with Gasteiger partial charge in [0.15, 0.2) is 0 Å². The highest BCUT2D eigenvalue weighted by atomic mass is 16.5. The predicted molar refractivity (Wildman–Crippen MR) is 108 cm³/mol. The van der Waals surface area contributed by atoms with Crippen molar-refractivity contribution in [2.24, 2.45) is 0 Å². The summed E-state index contributed by atoms with van der Waals surface area (Å²) in [6, 6.07) is 19.1. The standard InChI is InChI=1S/C22H20N4O2/c1-25(14-16-13-23-26(15-16)18-6-4-3-5-7-18)22(27)21-10-8-17-12-19(28-2)9-11-20(17)24-21/h3-13,15H,14H2,1-2H3. The van der Waals surface area contributed by atoms with Crippen LogP contribution in [-0.2, 0) is 6.54 Å². The third-order valence-corrected chi connectivity index (χ3v) is 4.54. The van der Waals surface area contributed by atoms with Crippen LogP contribution in [0.5, 0.6) is 5.75 Å². The van der Waals surface area contributed by atoms with Crippen molar-refractivity contribution in [1.82, 2.24) is 19.7 Å². The maximum atomic E-state index is 12.8. The van der Waals surface area contributed by atoms with Gasteiger partial charge in [0.05, 0.1) is 24.5 Å². The first-order valence-corrected chi connectivity index (χ1v) is 8.93. The molecule has 6 nitrogen and oxygen atoms in total. The Hall–Kier alpha value is -3.67. The zero-order valence-corrected chi connectivity index (χ0v) is 15.7. The summed E-state index contributed by atoms with van der Waals surface area (Å²) >= 11 is 0. The van der Waals surface area contributed by atoms with Crippen molar-refractivity contribution in [2.45, 2.75) is 6.54 Å². The van der Waals surface area contributed by atoms with Gasteiger partial charge in [-0.25, -0.2) is 9.67 Å². The first kappa shape index (κ1) is 17.7. The van der Waals surface area contributed by atoms with E-state index in [1.54, 1.807) is 36.0 Å². The van der Waals surface area contributed by atoms with Crippen molar-refractivity contribution in [2.75, 3.05) is 14.2 Å². The van der Waals surface area contributed by atoms with E-state index in [2.05, 4.69) is 10.1 Å². The van der Waals surface area contributed by atoms with Crippen LogP contribution in [0, 0.1) is 0 Å². The Morgan fingerprint density at radius 3 is 2.71 bits per heavy atom. The molecule has 1 amide bonds. The Balaban J connectivity index is 1.50. The lowest BCUT2D eigenvalue weighted by Gasteiger charge is -2.16. The Labute approximate surface area is 163 Å². The van der Waals surface area contributed by atoms with Crippen LogP contribution in [-0.4, -0.2) is 39.7 Å². The number of rotatable bonds is 5. The molecule has 4 rings (SSSR count). The molecule has 0 atom stereocenters. The molecule has 6 heteroatoms. The highest BCUT2D eigenvalue weighted by molar-refractivity contribution is 5.94. The fourth-order valence-electron chi connectivity index (χ4n) is 3.05. The Bertz CT molecular complexity index is 1120. The molecule has 0 N–H and O–H groups in total. The molecule has 2 aromatic carbocycles. The maximum absolute atomic E-state index is 12.8. The van der Waals surface area contributed by atoms with E-state index in [-0.39, 0.29) is 5.91 Å². The van der Waals surface area contributed by atoms with Crippen molar-refractivity contribution in [3.05, 3.63) is 84.3 Å². The minimum Gasteiger partial charge on any atom is -0.497 e. The van der Waals surface area contributed by atoms with Crippen LogP contribution in [0.1, 0.15) is 16.1 Å². The van der Waals surface area contributed by atoms with Crippen molar-refractivity contribution < 1.29 is 9.53 Å². The molecule has 0 spiro atoms. The molecule has 2 aromatic heterocycles. The van der Waals surface area contributed by atoms with Gasteiger partial charge >= 0.3 is 0 Å². The van der Waals surface area contributed by atoms with Gasteiger partial charge in [-0.05, 0) is 36.4 Å². The maximum Gasteiger partial charge on any atom is 0.272 e. The van der Waals surface area contributed by atoms with E-state index < -0.39 is 0 Å². The van der Waals surface area contributed by atoms with Gasteiger partial charge in [-0.15, -0.1) is 0 Å². The normalized spacial score (nSPS) is 10.8. The number of methoxy groups -OCH3 is 1. The summed E-state index contributed by atoms with van der Waals surface area (Å²) in [7, 11) is 3.39. The minimum absolute atomic E-state index is 0.134. The number of ether oxygens (including phenoxy) is 1. The molecule has 0 saturated heterocycles. The van der Waals surface area contributed by atoms with Crippen molar-refractivity contribution in [3.8, 4) is 11.4 Å². The summed E-state index contributed by atoms with van der Waals surface area (Å²) in [6.45, 7) is 0.452. The van der Waals surface area contributed by atoms with Crippen molar-refractivity contribution in [3.63, 3.8) is 0 Å². The van der Waals surface area contributed by atoms with Gasteiger partial charge in [0, 0.05) is 30.7 Å². The summed E-state index contributed by atoms with van der Waals surface area (Å²) in [6.07, 6.45) is 3.70. The number of carbonyl (C=O) groups excluding carboxylic acids is 1. The second-order valence-electron chi connectivity index (χ2n) is 6.55. The van der Waals surface area contributed by atoms with Gasteiger partial charge in [0.25, 0.3) is 5.91 Å². The monoisotopic (exact) mass is 372 g/mol. The molecule has 0 aliphatic carbocycles. The average molecular weight is 372 g/mol.